The maximum Gasteiger partial charge on any atom is 0.245 e. The van der Waals surface area contributed by atoms with Gasteiger partial charge in [-0.2, -0.15) is 4.31 Å². The van der Waals surface area contributed by atoms with Crippen LogP contribution in [0.4, 0.5) is 5.69 Å². The Morgan fingerprint density at radius 1 is 1.33 bits per heavy atom. The van der Waals surface area contributed by atoms with Crippen LogP contribution in [0.1, 0.15) is 13.3 Å². The number of carbonyl (C=O) groups excluding carboxylic acids is 1. The first-order valence-electron chi connectivity index (χ1n) is 6.45. The van der Waals surface area contributed by atoms with E-state index >= 15 is 0 Å². The summed E-state index contributed by atoms with van der Waals surface area (Å²) in [4.78, 5) is 13.1. The van der Waals surface area contributed by atoms with Crippen LogP contribution in [-0.4, -0.2) is 50.7 Å². The van der Waals surface area contributed by atoms with Gasteiger partial charge in [0.15, 0.2) is 0 Å². The molecule has 21 heavy (non-hydrogen) atoms. The zero-order valence-corrected chi connectivity index (χ0v) is 13.9. The number of nitrogen functional groups attached to an aromatic ring is 1. The Labute approximate surface area is 130 Å². The third-order valence-electron chi connectivity index (χ3n) is 2.88. The van der Waals surface area contributed by atoms with Gasteiger partial charge in [-0.1, -0.05) is 18.5 Å². The van der Waals surface area contributed by atoms with E-state index in [1.165, 1.54) is 23.1 Å². The van der Waals surface area contributed by atoms with Crippen molar-refractivity contribution in [2.75, 3.05) is 32.9 Å². The minimum absolute atomic E-state index is 0.0741. The predicted octanol–water partition coefficient (Wildman–Crippen LogP) is 1.41. The third kappa shape index (κ3) is 4.33. The average Bonchev–Trinajstić information content (AvgIpc) is 2.40. The highest BCUT2D eigenvalue weighted by atomic mass is 35.5. The molecule has 0 aromatic heterocycles. The van der Waals surface area contributed by atoms with Gasteiger partial charge in [0, 0.05) is 25.7 Å². The lowest BCUT2D eigenvalue weighted by molar-refractivity contribution is -0.128. The van der Waals surface area contributed by atoms with Crippen LogP contribution in [0, 0.1) is 0 Å². The van der Waals surface area contributed by atoms with Crippen molar-refractivity contribution in [3.05, 3.63) is 23.2 Å². The standard InChI is InChI=1S/C13H20ClN3O3S/c1-4-7-17(9-13(18)16(2)3)21(19,20)12-8-10(14)5-6-11(12)15/h5-6,8H,4,7,9,15H2,1-3H3. The summed E-state index contributed by atoms with van der Waals surface area (Å²) in [6.45, 7) is 1.84. The van der Waals surface area contributed by atoms with Crippen molar-refractivity contribution in [2.45, 2.75) is 18.2 Å². The molecule has 0 aliphatic heterocycles. The minimum Gasteiger partial charge on any atom is -0.398 e. The molecule has 0 atom stereocenters. The first kappa shape index (κ1) is 17.7. The van der Waals surface area contributed by atoms with E-state index < -0.39 is 10.0 Å². The fraction of sp³-hybridized carbons (Fsp3) is 0.462. The normalized spacial score (nSPS) is 11.7. The van der Waals surface area contributed by atoms with E-state index in [1.807, 2.05) is 6.92 Å². The van der Waals surface area contributed by atoms with Crippen molar-refractivity contribution in [1.82, 2.24) is 9.21 Å². The van der Waals surface area contributed by atoms with Crippen molar-refractivity contribution in [1.29, 1.82) is 0 Å². The topological polar surface area (TPSA) is 83.7 Å². The Kier molecular flexibility index (Phi) is 6.00. The van der Waals surface area contributed by atoms with Crippen molar-refractivity contribution in [3.63, 3.8) is 0 Å². The van der Waals surface area contributed by atoms with E-state index in [9.17, 15) is 13.2 Å². The quantitative estimate of drug-likeness (QED) is 0.798. The van der Waals surface area contributed by atoms with Crippen LogP contribution >= 0.6 is 11.6 Å². The number of likely N-dealkylation sites (N-methyl/N-ethyl adjacent to an activating group) is 1. The van der Waals surface area contributed by atoms with Crippen LogP contribution in [0.3, 0.4) is 0 Å². The number of hydrogen-bond acceptors (Lipinski definition) is 4. The van der Waals surface area contributed by atoms with Crippen molar-refractivity contribution >= 4 is 33.2 Å². The van der Waals surface area contributed by atoms with Gasteiger partial charge in [-0.05, 0) is 24.6 Å². The van der Waals surface area contributed by atoms with E-state index in [0.29, 0.717) is 6.42 Å². The summed E-state index contributed by atoms with van der Waals surface area (Å²) in [6.07, 6.45) is 0.584. The van der Waals surface area contributed by atoms with Gasteiger partial charge in [0.25, 0.3) is 0 Å². The number of sulfonamides is 1. The Morgan fingerprint density at radius 2 is 1.95 bits per heavy atom. The summed E-state index contributed by atoms with van der Waals surface area (Å²) in [5.74, 6) is -0.298. The summed E-state index contributed by atoms with van der Waals surface area (Å²) in [5.41, 5.74) is 5.85. The highest BCUT2D eigenvalue weighted by molar-refractivity contribution is 7.89. The molecule has 1 aromatic carbocycles. The maximum absolute atomic E-state index is 12.7. The summed E-state index contributed by atoms with van der Waals surface area (Å²) in [7, 11) is -0.716. The monoisotopic (exact) mass is 333 g/mol. The lowest BCUT2D eigenvalue weighted by atomic mass is 10.3. The maximum atomic E-state index is 12.7. The molecule has 2 N–H and O–H groups in total. The van der Waals surface area contributed by atoms with E-state index in [2.05, 4.69) is 0 Å². The fourth-order valence-corrected chi connectivity index (χ4v) is 3.56. The number of nitrogens with two attached hydrogens (primary N) is 1. The fourth-order valence-electron chi connectivity index (χ4n) is 1.70. The molecule has 0 heterocycles. The molecule has 0 bridgehead atoms. The van der Waals surface area contributed by atoms with Gasteiger partial charge in [-0.3, -0.25) is 4.79 Å². The van der Waals surface area contributed by atoms with Gasteiger partial charge >= 0.3 is 0 Å². The number of rotatable bonds is 6. The number of benzene rings is 1. The zero-order valence-electron chi connectivity index (χ0n) is 12.3. The number of anilines is 1. The van der Waals surface area contributed by atoms with Gasteiger partial charge < -0.3 is 10.6 Å². The van der Waals surface area contributed by atoms with Crippen LogP contribution in [-0.2, 0) is 14.8 Å². The molecule has 0 radical (unpaired) electrons. The van der Waals surface area contributed by atoms with Crippen molar-refractivity contribution < 1.29 is 13.2 Å². The molecule has 0 unspecified atom stereocenters. The number of hydrogen-bond donors (Lipinski definition) is 1. The molecular weight excluding hydrogens is 314 g/mol. The first-order chi connectivity index (χ1) is 9.70. The molecule has 0 saturated carbocycles. The lowest BCUT2D eigenvalue weighted by Gasteiger charge is -2.23. The Bertz CT molecular complexity index is 617. The number of halogens is 1. The third-order valence-corrected chi connectivity index (χ3v) is 5.01. The van der Waals surface area contributed by atoms with Crippen molar-refractivity contribution in [2.24, 2.45) is 0 Å². The smallest absolute Gasteiger partial charge is 0.245 e. The highest BCUT2D eigenvalue weighted by Gasteiger charge is 2.28. The molecule has 0 aliphatic carbocycles. The van der Waals surface area contributed by atoms with E-state index in [-0.39, 0.29) is 34.6 Å². The molecule has 1 aromatic rings. The molecule has 1 amide bonds. The van der Waals surface area contributed by atoms with Crippen LogP contribution in [0.15, 0.2) is 23.1 Å². The van der Waals surface area contributed by atoms with Crippen LogP contribution in [0.5, 0.6) is 0 Å². The van der Waals surface area contributed by atoms with E-state index in [1.54, 1.807) is 14.1 Å². The van der Waals surface area contributed by atoms with Gasteiger partial charge in [-0.25, -0.2) is 8.42 Å². The largest absolute Gasteiger partial charge is 0.398 e. The second-order valence-electron chi connectivity index (χ2n) is 4.81. The zero-order chi connectivity index (χ0) is 16.2. The summed E-state index contributed by atoms with van der Waals surface area (Å²) >= 11 is 5.85. The molecule has 0 fully saturated rings. The SMILES string of the molecule is CCCN(CC(=O)N(C)C)S(=O)(=O)c1cc(Cl)ccc1N. The lowest BCUT2D eigenvalue weighted by Crippen LogP contribution is -2.40. The van der Waals surface area contributed by atoms with Crippen LogP contribution in [0.25, 0.3) is 0 Å². The molecule has 6 nitrogen and oxygen atoms in total. The Morgan fingerprint density at radius 3 is 2.48 bits per heavy atom. The van der Waals surface area contributed by atoms with Gasteiger partial charge in [-0.15, -0.1) is 0 Å². The molecule has 0 aliphatic rings. The molecular formula is C13H20ClN3O3S. The first-order valence-corrected chi connectivity index (χ1v) is 8.27. The van der Waals surface area contributed by atoms with Crippen LogP contribution < -0.4 is 5.73 Å². The highest BCUT2D eigenvalue weighted by Crippen LogP contribution is 2.26. The Hall–Kier alpha value is -1.31. The van der Waals surface area contributed by atoms with Gasteiger partial charge in [0.2, 0.25) is 15.9 Å². The minimum atomic E-state index is -3.87. The Balaban J connectivity index is 3.21. The van der Waals surface area contributed by atoms with Gasteiger partial charge in [0.05, 0.1) is 12.2 Å². The number of amides is 1. The number of carbonyl (C=O) groups is 1. The van der Waals surface area contributed by atoms with Gasteiger partial charge in [0.1, 0.15) is 4.90 Å². The molecule has 1 rings (SSSR count). The van der Waals surface area contributed by atoms with E-state index in [0.717, 1.165) is 4.31 Å². The summed E-state index contributed by atoms with van der Waals surface area (Å²) in [6, 6.07) is 4.26. The second kappa shape index (κ2) is 7.11. The second-order valence-corrected chi connectivity index (χ2v) is 7.15. The molecule has 0 spiro atoms. The molecule has 8 heteroatoms. The summed E-state index contributed by atoms with van der Waals surface area (Å²) < 4.78 is 26.5. The average molecular weight is 334 g/mol. The van der Waals surface area contributed by atoms with E-state index in [4.69, 9.17) is 17.3 Å². The molecule has 118 valence electrons. The summed E-state index contributed by atoms with van der Waals surface area (Å²) in [5, 5.41) is 0.276. The number of nitrogens with zero attached hydrogens (tertiary/aromatic N) is 2. The predicted molar refractivity (Wildman–Crippen MR) is 83.6 cm³/mol. The van der Waals surface area contributed by atoms with Crippen molar-refractivity contribution in [3.8, 4) is 0 Å². The molecule has 0 saturated heterocycles. The van der Waals surface area contributed by atoms with Crippen LogP contribution in [0.2, 0.25) is 5.02 Å².